The average Bonchev–Trinajstić information content (AvgIpc) is 3.34. The molecule has 1 aromatic heterocycles. The summed E-state index contributed by atoms with van der Waals surface area (Å²) in [6.07, 6.45) is 0.125. The normalized spacial score (nSPS) is 12.4. The van der Waals surface area contributed by atoms with E-state index in [1.165, 1.54) is 0 Å². The molecule has 1 heterocycles. The fourth-order valence-electron chi connectivity index (χ4n) is 3.71. The summed E-state index contributed by atoms with van der Waals surface area (Å²) in [5, 5.41) is 16.3. The molecule has 0 aliphatic heterocycles. The largest absolute Gasteiger partial charge is 0.490 e. The highest BCUT2D eigenvalue weighted by atomic mass is 32.2. The van der Waals surface area contributed by atoms with Gasteiger partial charge in [-0.1, -0.05) is 17.2 Å². The minimum atomic E-state index is -4.63. The maximum Gasteiger partial charge on any atom is 0.391 e. The summed E-state index contributed by atoms with van der Waals surface area (Å²) in [6.45, 7) is 2.56. The van der Waals surface area contributed by atoms with Gasteiger partial charge in [-0.15, -0.1) is 11.3 Å². The zero-order valence-corrected chi connectivity index (χ0v) is 25.2. The van der Waals surface area contributed by atoms with E-state index in [4.69, 9.17) is 30.3 Å². The topological polar surface area (TPSA) is 232 Å². The van der Waals surface area contributed by atoms with Gasteiger partial charge < -0.3 is 18.9 Å². The molecule has 0 fully saturated rings. The Balaban J connectivity index is 1.87. The first kappa shape index (κ1) is 33.4. The zero-order valence-electron chi connectivity index (χ0n) is 22.7. The van der Waals surface area contributed by atoms with Crippen molar-refractivity contribution in [2.75, 3.05) is 32.6 Å². The second kappa shape index (κ2) is 15.4. The summed E-state index contributed by atoms with van der Waals surface area (Å²) in [5.74, 6) is -0.668. The van der Waals surface area contributed by atoms with Crippen LogP contribution in [0.4, 0.5) is 4.39 Å². The van der Waals surface area contributed by atoms with Gasteiger partial charge in [-0.2, -0.15) is 9.98 Å². The highest BCUT2D eigenvalue weighted by Crippen LogP contribution is 2.44. The maximum absolute atomic E-state index is 13.9. The van der Waals surface area contributed by atoms with Crippen molar-refractivity contribution < 1.29 is 36.3 Å². The second-order valence-corrected chi connectivity index (χ2v) is 13.4. The number of thiophene rings is 1. The molecule has 228 valence electrons. The van der Waals surface area contributed by atoms with Gasteiger partial charge in [-0.3, -0.25) is 0 Å². The average molecular weight is 653 g/mol. The summed E-state index contributed by atoms with van der Waals surface area (Å²) < 4.78 is 72.3. The van der Waals surface area contributed by atoms with Crippen LogP contribution in [-0.4, -0.2) is 45.9 Å². The molecule has 2 N–H and O–H groups in total. The molecular weight excluding hydrogens is 626 g/mol. The Hall–Kier alpha value is -4.06. The van der Waals surface area contributed by atoms with Crippen molar-refractivity contribution in [2.45, 2.75) is 30.4 Å². The fraction of sp³-hybridized carbons (Fsp3) is 0.375. The molecule has 0 saturated carbocycles. The predicted octanol–water partition coefficient (Wildman–Crippen LogP) is 6.13. The molecule has 0 spiro atoms. The number of benzene rings is 2. The third kappa shape index (κ3) is 9.21. The van der Waals surface area contributed by atoms with Crippen molar-refractivity contribution in [3.63, 3.8) is 0 Å². The van der Waals surface area contributed by atoms with Crippen LogP contribution < -0.4 is 18.7 Å². The number of nitriles is 1. The lowest BCUT2D eigenvalue weighted by Crippen LogP contribution is -2.26. The Morgan fingerprint density at radius 3 is 2.30 bits per heavy atom. The fourth-order valence-corrected chi connectivity index (χ4v) is 8.18. The first-order valence-electron chi connectivity index (χ1n) is 12.6. The number of hydrogen-bond acceptors (Lipinski definition) is 10. The van der Waals surface area contributed by atoms with Crippen LogP contribution in [0.25, 0.3) is 31.0 Å². The van der Waals surface area contributed by atoms with Gasteiger partial charge in [-0.05, 0) is 54.1 Å². The quantitative estimate of drug-likeness (QED) is 0.0564. The number of sulfonamides is 1. The molecule has 1 atom stereocenters. The van der Waals surface area contributed by atoms with E-state index in [9.17, 15) is 22.3 Å². The Morgan fingerprint density at radius 1 is 1.12 bits per heavy atom. The molecule has 15 nitrogen and oxygen atoms in total. The number of ether oxygens (including phenoxy) is 2. The van der Waals surface area contributed by atoms with Crippen LogP contribution >= 0.6 is 18.9 Å². The molecule has 2 aromatic carbocycles. The number of rotatable bonds is 17. The third-order valence-electron chi connectivity index (χ3n) is 5.63. The molecule has 0 aliphatic carbocycles. The van der Waals surface area contributed by atoms with E-state index in [0.717, 1.165) is 29.5 Å². The molecule has 0 bridgehead atoms. The third-order valence-corrected chi connectivity index (χ3v) is 10.1. The van der Waals surface area contributed by atoms with E-state index in [1.54, 1.807) is 25.1 Å². The van der Waals surface area contributed by atoms with Gasteiger partial charge in [-0.25, -0.2) is 17.4 Å². The minimum absolute atomic E-state index is 0.0933. The maximum atomic E-state index is 13.9. The number of nitrogens with one attached hydrogen (secondary N) is 1. The zero-order chi connectivity index (χ0) is 31.5. The van der Waals surface area contributed by atoms with Crippen LogP contribution in [0.15, 0.2) is 44.8 Å². The number of halogens is 1. The highest BCUT2D eigenvalue weighted by molar-refractivity contribution is 7.92. The summed E-state index contributed by atoms with van der Waals surface area (Å²) in [4.78, 5) is 15.6. The van der Waals surface area contributed by atoms with E-state index in [1.807, 2.05) is 0 Å². The van der Waals surface area contributed by atoms with Crippen molar-refractivity contribution in [2.24, 2.45) is 10.2 Å². The number of azide groups is 2. The van der Waals surface area contributed by atoms with Crippen LogP contribution in [0.2, 0.25) is 0 Å². The number of hydrogen-bond donors (Lipinski definition) is 2. The summed E-state index contributed by atoms with van der Waals surface area (Å²) in [5.41, 5.74) is 17.1. The van der Waals surface area contributed by atoms with Crippen LogP contribution in [0.1, 0.15) is 30.9 Å². The van der Waals surface area contributed by atoms with Gasteiger partial charge >= 0.3 is 7.60 Å². The van der Waals surface area contributed by atoms with Crippen LogP contribution in [0, 0.1) is 17.1 Å². The Morgan fingerprint density at radius 2 is 1.74 bits per heavy atom. The van der Waals surface area contributed by atoms with E-state index in [-0.39, 0.29) is 48.2 Å². The molecule has 0 radical (unpaired) electrons. The SMILES string of the molecule is CCc1c(S(=O)(=O)NCP(=O)(O)Oc2ccc(C#N)c(F)c2)sc2cc(OCCCN=[N+]=[N-])c(OCCCN=[N+]=[N-])cc12. The Labute approximate surface area is 249 Å². The lowest BCUT2D eigenvalue weighted by Gasteiger charge is -2.14. The van der Waals surface area contributed by atoms with Gasteiger partial charge in [0.25, 0.3) is 10.0 Å². The Kier molecular flexibility index (Phi) is 12.0. The highest BCUT2D eigenvalue weighted by Gasteiger charge is 2.29. The summed E-state index contributed by atoms with van der Waals surface area (Å²) in [6, 6.07) is 7.81. The first-order chi connectivity index (χ1) is 20.5. The number of nitrogens with zero attached hydrogens (tertiary/aromatic N) is 7. The van der Waals surface area contributed by atoms with Gasteiger partial charge in [0, 0.05) is 45.1 Å². The summed E-state index contributed by atoms with van der Waals surface area (Å²) in [7, 11) is -8.95. The minimum Gasteiger partial charge on any atom is -0.490 e. The molecule has 0 aliphatic rings. The lowest BCUT2D eigenvalue weighted by atomic mass is 10.1. The van der Waals surface area contributed by atoms with Gasteiger partial charge in [0.15, 0.2) is 11.5 Å². The molecule has 0 saturated heterocycles. The van der Waals surface area contributed by atoms with E-state index >= 15 is 0 Å². The van der Waals surface area contributed by atoms with Gasteiger partial charge in [0.2, 0.25) is 0 Å². The van der Waals surface area contributed by atoms with Crippen LogP contribution in [0.3, 0.4) is 0 Å². The molecule has 3 aromatic rings. The first-order valence-corrected chi connectivity index (χ1v) is 16.7. The standard InChI is InChI=1S/C24H26FN8O7PS2/c1-2-18-19-12-21(38-9-3-7-29-32-27)22(39-10-4-8-30-33-28)13-23(19)42-24(18)43(36,37)31-15-41(34,35)40-17-6-5-16(14-26)20(25)11-17/h5-6,11-13,31H,2-4,7-10,15H2,1H3,(H,34,35). The summed E-state index contributed by atoms with van der Waals surface area (Å²) >= 11 is 0.921. The molecule has 1 unspecified atom stereocenters. The monoisotopic (exact) mass is 652 g/mol. The van der Waals surface area contributed by atoms with Crippen LogP contribution in [0.5, 0.6) is 17.2 Å². The number of fused-ring (bicyclic) bond motifs is 1. The van der Waals surface area contributed by atoms with Crippen LogP contribution in [-0.2, 0) is 21.0 Å². The molecule has 19 heteroatoms. The van der Waals surface area contributed by atoms with Gasteiger partial charge in [0.1, 0.15) is 28.1 Å². The van der Waals surface area contributed by atoms with Gasteiger partial charge in [0.05, 0.1) is 18.8 Å². The molecule has 0 amide bonds. The van der Waals surface area contributed by atoms with Crippen molar-refractivity contribution >= 4 is 39.0 Å². The molecule has 43 heavy (non-hydrogen) atoms. The van der Waals surface area contributed by atoms with E-state index in [0.29, 0.717) is 40.0 Å². The van der Waals surface area contributed by atoms with E-state index < -0.39 is 29.7 Å². The van der Waals surface area contributed by atoms with Crippen molar-refractivity contribution in [1.82, 2.24) is 4.72 Å². The molecular formula is C24H26FN8O7PS2. The van der Waals surface area contributed by atoms with Crippen molar-refractivity contribution in [3.05, 3.63) is 68.2 Å². The number of aryl methyl sites for hydroxylation is 1. The van der Waals surface area contributed by atoms with Crippen molar-refractivity contribution in [1.29, 1.82) is 5.26 Å². The smallest absolute Gasteiger partial charge is 0.391 e. The Bertz CT molecular complexity index is 1770. The second-order valence-electron chi connectivity index (χ2n) is 8.62. The predicted molar refractivity (Wildman–Crippen MR) is 156 cm³/mol. The van der Waals surface area contributed by atoms with Crippen molar-refractivity contribution in [3.8, 4) is 23.3 Å². The lowest BCUT2D eigenvalue weighted by molar-refractivity contribution is 0.266. The molecule has 3 rings (SSSR count). The van der Waals surface area contributed by atoms with E-state index in [2.05, 4.69) is 24.8 Å².